The highest BCUT2D eigenvalue weighted by Gasteiger charge is 2.13. The summed E-state index contributed by atoms with van der Waals surface area (Å²) in [5, 5.41) is 14.5. The van der Waals surface area contributed by atoms with Crippen LogP contribution in [0.25, 0.3) is 0 Å². The number of nitrogens with one attached hydrogen (secondary N) is 1. The molecule has 1 fully saturated rings. The molecule has 17 heavy (non-hydrogen) atoms. The lowest BCUT2D eigenvalue weighted by atomic mass is 10.1. The van der Waals surface area contributed by atoms with Gasteiger partial charge in [-0.3, -0.25) is 0 Å². The molecule has 2 nitrogen and oxygen atoms in total. The van der Waals surface area contributed by atoms with Gasteiger partial charge in [-0.05, 0) is 36.8 Å². The Morgan fingerprint density at radius 3 is 3.06 bits per heavy atom. The number of thioether (sulfide) groups is 1. The van der Waals surface area contributed by atoms with E-state index in [1.807, 2.05) is 6.07 Å². The SMILES string of the molecule is Oc1ccc(Cl)cc1CNCC1CCCCS1. The van der Waals surface area contributed by atoms with Crippen molar-refractivity contribution in [2.24, 2.45) is 0 Å². The summed E-state index contributed by atoms with van der Waals surface area (Å²) in [5.41, 5.74) is 0.873. The van der Waals surface area contributed by atoms with Crippen LogP contribution in [0.2, 0.25) is 5.02 Å². The standard InChI is InChI=1S/C13H18ClNOS/c14-11-4-5-13(16)10(7-11)8-15-9-12-3-1-2-6-17-12/h4-5,7,12,15-16H,1-3,6,8-9H2. The largest absolute Gasteiger partial charge is 0.508 e. The van der Waals surface area contributed by atoms with Gasteiger partial charge >= 0.3 is 0 Å². The van der Waals surface area contributed by atoms with E-state index in [0.29, 0.717) is 17.3 Å². The van der Waals surface area contributed by atoms with Crippen molar-refractivity contribution in [3.05, 3.63) is 28.8 Å². The fourth-order valence-corrected chi connectivity index (χ4v) is 3.50. The molecule has 0 amide bonds. The van der Waals surface area contributed by atoms with Gasteiger partial charge < -0.3 is 10.4 Å². The maximum Gasteiger partial charge on any atom is 0.120 e. The monoisotopic (exact) mass is 271 g/mol. The molecule has 0 aromatic heterocycles. The molecule has 1 atom stereocenters. The fourth-order valence-electron chi connectivity index (χ4n) is 2.03. The highest BCUT2D eigenvalue weighted by atomic mass is 35.5. The zero-order valence-electron chi connectivity index (χ0n) is 9.79. The van der Waals surface area contributed by atoms with Crippen LogP contribution in [0.3, 0.4) is 0 Å². The predicted octanol–water partition coefficient (Wildman–Crippen LogP) is 3.42. The number of hydrogen-bond acceptors (Lipinski definition) is 3. The molecule has 0 radical (unpaired) electrons. The van der Waals surface area contributed by atoms with Gasteiger partial charge in [-0.15, -0.1) is 0 Å². The maximum atomic E-state index is 9.67. The normalized spacial score (nSPS) is 20.4. The maximum absolute atomic E-state index is 9.67. The summed E-state index contributed by atoms with van der Waals surface area (Å²) in [7, 11) is 0. The molecule has 94 valence electrons. The summed E-state index contributed by atoms with van der Waals surface area (Å²) in [4.78, 5) is 0. The first-order valence-corrected chi connectivity index (χ1v) is 7.48. The fraction of sp³-hybridized carbons (Fsp3) is 0.538. The molecule has 0 bridgehead atoms. The molecule has 1 heterocycles. The lowest BCUT2D eigenvalue weighted by Gasteiger charge is -2.21. The van der Waals surface area contributed by atoms with Crippen molar-refractivity contribution in [3.8, 4) is 5.75 Å². The van der Waals surface area contributed by atoms with Gasteiger partial charge in [0.2, 0.25) is 0 Å². The summed E-state index contributed by atoms with van der Waals surface area (Å²) < 4.78 is 0. The van der Waals surface area contributed by atoms with E-state index in [1.165, 1.54) is 25.0 Å². The number of aromatic hydroxyl groups is 1. The van der Waals surface area contributed by atoms with Gasteiger partial charge in [-0.2, -0.15) is 11.8 Å². The highest BCUT2D eigenvalue weighted by molar-refractivity contribution is 7.99. The lowest BCUT2D eigenvalue weighted by molar-refractivity contribution is 0.464. The summed E-state index contributed by atoms with van der Waals surface area (Å²) in [5.74, 6) is 1.60. The Morgan fingerprint density at radius 1 is 1.41 bits per heavy atom. The van der Waals surface area contributed by atoms with Crippen molar-refractivity contribution in [2.45, 2.75) is 31.1 Å². The molecule has 1 unspecified atom stereocenters. The first kappa shape index (κ1) is 13.1. The molecule has 4 heteroatoms. The number of rotatable bonds is 4. The van der Waals surface area contributed by atoms with Crippen LogP contribution in [0, 0.1) is 0 Å². The van der Waals surface area contributed by atoms with Gasteiger partial charge in [0.1, 0.15) is 5.75 Å². The molecule has 1 aliphatic heterocycles. The van der Waals surface area contributed by atoms with Crippen LogP contribution in [0.1, 0.15) is 24.8 Å². The third-order valence-electron chi connectivity index (χ3n) is 3.00. The molecular weight excluding hydrogens is 254 g/mol. The van der Waals surface area contributed by atoms with Crippen LogP contribution in [0.5, 0.6) is 5.75 Å². The van der Waals surface area contributed by atoms with E-state index in [2.05, 4.69) is 17.1 Å². The third kappa shape index (κ3) is 4.09. The van der Waals surface area contributed by atoms with Crippen LogP contribution in [0.4, 0.5) is 0 Å². The lowest BCUT2D eigenvalue weighted by Crippen LogP contribution is -2.26. The zero-order chi connectivity index (χ0) is 12.1. The number of phenolic OH excluding ortho intramolecular Hbond substituents is 1. The molecule has 0 spiro atoms. The molecule has 0 aliphatic carbocycles. The Morgan fingerprint density at radius 2 is 2.29 bits per heavy atom. The van der Waals surface area contributed by atoms with E-state index in [0.717, 1.165) is 17.4 Å². The van der Waals surface area contributed by atoms with Crippen molar-refractivity contribution in [3.63, 3.8) is 0 Å². The second kappa shape index (κ2) is 6.53. The van der Waals surface area contributed by atoms with Gasteiger partial charge in [0.15, 0.2) is 0 Å². The Kier molecular flexibility index (Phi) is 5.01. The molecule has 1 saturated heterocycles. The number of phenols is 1. The van der Waals surface area contributed by atoms with Crippen LogP contribution in [-0.2, 0) is 6.54 Å². The van der Waals surface area contributed by atoms with Crippen molar-refractivity contribution in [1.82, 2.24) is 5.32 Å². The molecule has 2 N–H and O–H groups in total. The Hall–Kier alpha value is -0.380. The highest BCUT2D eigenvalue weighted by Crippen LogP contribution is 2.25. The van der Waals surface area contributed by atoms with Crippen LogP contribution in [-0.4, -0.2) is 22.7 Å². The average Bonchev–Trinajstić information content (AvgIpc) is 2.35. The predicted molar refractivity (Wildman–Crippen MR) is 74.9 cm³/mol. The Labute approximate surface area is 112 Å². The second-order valence-electron chi connectivity index (χ2n) is 4.39. The number of halogens is 1. The van der Waals surface area contributed by atoms with E-state index >= 15 is 0 Å². The molecule has 1 aromatic rings. The van der Waals surface area contributed by atoms with Gasteiger partial charge in [0.25, 0.3) is 0 Å². The third-order valence-corrected chi connectivity index (χ3v) is 4.64. The van der Waals surface area contributed by atoms with Crippen molar-refractivity contribution in [2.75, 3.05) is 12.3 Å². The van der Waals surface area contributed by atoms with E-state index in [4.69, 9.17) is 11.6 Å². The first-order chi connectivity index (χ1) is 8.25. The summed E-state index contributed by atoms with van der Waals surface area (Å²) in [6.07, 6.45) is 4.01. The minimum Gasteiger partial charge on any atom is -0.508 e. The second-order valence-corrected chi connectivity index (χ2v) is 6.24. The Bertz CT molecular complexity index is 366. The minimum absolute atomic E-state index is 0.318. The minimum atomic E-state index is 0.318. The van der Waals surface area contributed by atoms with Crippen molar-refractivity contribution < 1.29 is 5.11 Å². The summed E-state index contributed by atoms with van der Waals surface area (Å²) in [6.45, 7) is 1.69. The molecular formula is C13H18ClNOS. The topological polar surface area (TPSA) is 32.3 Å². The molecule has 2 rings (SSSR count). The Balaban J connectivity index is 1.79. The van der Waals surface area contributed by atoms with E-state index in [1.54, 1.807) is 12.1 Å². The van der Waals surface area contributed by atoms with E-state index in [-0.39, 0.29) is 0 Å². The average molecular weight is 272 g/mol. The number of hydrogen-bond donors (Lipinski definition) is 2. The molecule has 0 saturated carbocycles. The molecule has 1 aromatic carbocycles. The van der Waals surface area contributed by atoms with Crippen LogP contribution in [0.15, 0.2) is 18.2 Å². The van der Waals surface area contributed by atoms with Crippen LogP contribution < -0.4 is 5.32 Å². The van der Waals surface area contributed by atoms with E-state index in [9.17, 15) is 5.11 Å². The quantitative estimate of drug-likeness (QED) is 0.880. The van der Waals surface area contributed by atoms with Gasteiger partial charge in [0.05, 0.1) is 0 Å². The van der Waals surface area contributed by atoms with Gasteiger partial charge in [0, 0.05) is 28.9 Å². The zero-order valence-corrected chi connectivity index (χ0v) is 11.4. The smallest absolute Gasteiger partial charge is 0.120 e. The van der Waals surface area contributed by atoms with Crippen molar-refractivity contribution >= 4 is 23.4 Å². The van der Waals surface area contributed by atoms with Crippen molar-refractivity contribution in [1.29, 1.82) is 0 Å². The molecule has 1 aliphatic rings. The van der Waals surface area contributed by atoms with E-state index < -0.39 is 0 Å². The summed E-state index contributed by atoms with van der Waals surface area (Å²) in [6, 6.07) is 5.17. The summed E-state index contributed by atoms with van der Waals surface area (Å²) >= 11 is 7.96. The van der Waals surface area contributed by atoms with Gasteiger partial charge in [-0.25, -0.2) is 0 Å². The van der Waals surface area contributed by atoms with Crippen LogP contribution >= 0.6 is 23.4 Å². The first-order valence-electron chi connectivity index (χ1n) is 6.05. The van der Waals surface area contributed by atoms with Gasteiger partial charge in [-0.1, -0.05) is 18.0 Å². The number of benzene rings is 1.